The molecule has 0 saturated heterocycles. The predicted molar refractivity (Wildman–Crippen MR) is 65.8 cm³/mol. The number of nitrogens with one attached hydrogen (secondary N) is 2. The topological polar surface area (TPSA) is 49.8 Å². The van der Waals surface area contributed by atoms with Crippen LogP contribution in [0, 0.1) is 17.5 Å². The van der Waals surface area contributed by atoms with Crippen LogP contribution in [0.15, 0.2) is 24.4 Å². The molecule has 1 aromatic heterocycles. The molecule has 1 heterocycles. The molecule has 0 radical (unpaired) electrons. The van der Waals surface area contributed by atoms with Gasteiger partial charge < -0.3 is 10.6 Å². The summed E-state index contributed by atoms with van der Waals surface area (Å²) in [5.41, 5.74) is -0.0681. The van der Waals surface area contributed by atoms with Crippen LogP contribution in [0.1, 0.15) is 6.92 Å². The van der Waals surface area contributed by atoms with Crippen molar-refractivity contribution in [2.45, 2.75) is 6.92 Å². The van der Waals surface area contributed by atoms with Gasteiger partial charge in [-0.2, -0.15) is 4.98 Å². The first kappa shape index (κ1) is 13.1. The summed E-state index contributed by atoms with van der Waals surface area (Å²) >= 11 is 0. The first-order chi connectivity index (χ1) is 9.10. The van der Waals surface area contributed by atoms with E-state index in [-0.39, 0.29) is 17.5 Å². The van der Waals surface area contributed by atoms with Gasteiger partial charge in [-0.25, -0.2) is 18.2 Å². The van der Waals surface area contributed by atoms with Crippen LogP contribution in [0.5, 0.6) is 0 Å². The Morgan fingerprint density at radius 2 is 1.95 bits per heavy atom. The van der Waals surface area contributed by atoms with Crippen LogP contribution in [0.2, 0.25) is 0 Å². The third-order valence-corrected chi connectivity index (χ3v) is 2.26. The fraction of sp³-hybridized carbons (Fsp3) is 0.167. The Kier molecular flexibility index (Phi) is 3.84. The number of hydrogen-bond acceptors (Lipinski definition) is 4. The molecular weight excluding hydrogens is 257 g/mol. The van der Waals surface area contributed by atoms with E-state index in [1.165, 1.54) is 6.07 Å². The Labute approximate surface area is 107 Å². The van der Waals surface area contributed by atoms with Gasteiger partial charge in [-0.1, -0.05) is 0 Å². The first-order valence-corrected chi connectivity index (χ1v) is 5.58. The van der Waals surface area contributed by atoms with Gasteiger partial charge in [0, 0.05) is 12.6 Å². The highest BCUT2D eigenvalue weighted by atomic mass is 19.1. The fourth-order valence-electron chi connectivity index (χ4n) is 1.42. The van der Waals surface area contributed by atoms with Crippen molar-refractivity contribution < 1.29 is 13.2 Å². The first-order valence-electron chi connectivity index (χ1n) is 5.58. The Morgan fingerprint density at radius 1 is 1.16 bits per heavy atom. The van der Waals surface area contributed by atoms with E-state index in [9.17, 15) is 13.2 Å². The monoisotopic (exact) mass is 268 g/mol. The van der Waals surface area contributed by atoms with E-state index in [1.807, 2.05) is 6.92 Å². The largest absolute Gasteiger partial charge is 0.354 e. The molecule has 100 valence electrons. The number of halogens is 3. The maximum absolute atomic E-state index is 13.5. The molecule has 0 bridgehead atoms. The van der Waals surface area contributed by atoms with E-state index >= 15 is 0 Å². The van der Waals surface area contributed by atoms with Crippen molar-refractivity contribution in [3.05, 3.63) is 41.8 Å². The maximum Gasteiger partial charge on any atom is 0.224 e. The van der Waals surface area contributed by atoms with Gasteiger partial charge in [-0.3, -0.25) is 0 Å². The zero-order chi connectivity index (χ0) is 13.8. The average molecular weight is 268 g/mol. The number of nitrogens with zero attached hydrogens (tertiary/aromatic N) is 2. The lowest BCUT2D eigenvalue weighted by Crippen LogP contribution is -2.06. The molecule has 0 fully saturated rings. The molecular formula is C12H11F3N4. The van der Waals surface area contributed by atoms with Crippen LogP contribution in [0.4, 0.5) is 30.6 Å². The normalized spacial score (nSPS) is 10.3. The number of benzene rings is 1. The lowest BCUT2D eigenvalue weighted by atomic mass is 10.3. The molecule has 0 atom stereocenters. The van der Waals surface area contributed by atoms with Crippen LogP contribution < -0.4 is 10.6 Å². The molecule has 1 aromatic carbocycles. The molecule has 2 N–H and O–H groups in total. The molecule has 0 unspecified atom stereocenters. The minimum atomic E-state index is -0.831. The second kappa shape index (κ2) is 5.55. The van der Waals surface area contributed by atoms with Crippen LogP contribution >= 0.6 is 0 Å². The van der Waals surface area contributed by atoms with E-state index in [1.54, 1.807) is 0 Å². The molecule has 0 aliphatic heterocycles. The highest BCUT2D eigenvalue weighted by molar-refractivity contribution is 5.58. The van der Waals surface area contributed by atoms with Crippen molar-refractivity contribution >= 4 is 17.5 Å². The van der Waals surface area contributed by atoms with Crippen LogP contribution in [-0.4, -0.2) is 16.5 Å². The molecule has 2 aromatic rings. The molecule has 19 heavy (non-hydrogen) atoms. The summed E-state index contributed by atoms with van der Waals surface area (Å²) < 4.78 is 39.7. The van der Waals surface area contributed by atoms with Gasteiger partial charge in [0.15, 0.2) is 11.6 Å². The number of rotatable bonds is 4. The second-order valence-electron chi connectivity index (χ2n) is 3.67. The third kappa shape index (κ3) is 3.12. The highest BCUT2D eigenvalue weighted by Gasteiger charge is 2.10. The Balaban J connectivity index is 2.29. The fourth-order valence-corrected chi connectivity index (χ4v) is 1.42. The molecule has 0 aliphatic rings. The van der Waals surface area contributed by atoms with Gasteiger partial charge in [-0.15, -0.1) is 0 Å². The number of anilines is 3. The van der Waals surface area contributed by atoms with Crippen molar-refractivity contribution in [2.24, 2.45) is 0 Å². The van der Waals surface area contributed by atoms with Crippen molar-refractivity contribution in [1.82, 2.24) is 9.97 Å². The van der Waals surface area contributed by atoms with Gasteiger partial charge >= 0.3 is 0 Å². The minimum absolute atomic E-state index is 0.0681. The maximum atomic E-state index is 13.5. The van der Waals surface area contributed by atoms with E-state index in [4.69, 9.17) is 0 Å². The number of hydrogen-bond donors (Lipinski definition) is 2. The average Bonchev–Trinajstić information content (AvgIpc) is 2.37. The van der Waals surface area contributed by atoms with E-state index in [0.29, 0.717) is 12.6 Å². The standard InChI is InChI=1S/C12H11F3N4/c1-2-16-12-17-6-9(15)11(19-12)18-10-4-3-7(13)5-8(10)14/h3-6H,2H2,1H3,(H2,16,17,18,19). The van der Waals surface area contributed by atoms with Crippen molar-refractivity contribution in [1.29, 1.82) is 0 Å². The van der Waals surface area contributed by atoms with Crippen molar-refractivity contribution in [2.75, 3.05) is 17.2 Å². The van der Waals surface area contributed by atoms with Crippen LogP contribution in [-0.2, 0) is 0 Å². The van der Waals surface area contributed by atoms with Crippen molar-refractivity contribution in [3.8, 4) is 0 Å². The predicted octanol–water partition coefficient (Wildman–Crippen LogP) is 3.07. The molecule has 0 aliphatic carbocycles. The van der Waals surface area contributed by atoms with Crippen LogP contribution in [0.3, 0.4) is 0 Å². The molecule has 7 heteroatoms. The molecule has 0 saturated carbocycles. The van der Waals surface area contributed by atoms with Crippen LogP contribution in [0.25, 0.3) is 0 Å². The lowest BCUT2D eigenvalue weighted by molar-refractivity contribution is 0.585. The summed E-state index contributed by atoms with van der Waals surface area (Å²) in [4.78, 5) is 7.57. The second-order valence-corrected chi connectivity index (χ2v) is 3.67. The summed E-state index contributed by atoms with van der Waals surface area (Å²) in [5.74, 6) is -2.24. The van der Waals surface area contributed by atoms with Gasteiger partial charge in [0.1, 0.15) is 11.6 Å². The smallest absolute Gasteiger partial charge is 0.224 e. The summed E-state index contributed by atoms with van der Waals surface area (Å²) in [5, 5.41) is 5.26. The Hall–Kier alpha value is -2.31. The van der Waals surface area contributed by atoms with Gasteiger partial charge in [-0.05, 0) is 19.1 Å². The highest BCUT2D eigenvalue weighted by Crippen LogP contribution is 2.21. The zero-order valence-corrected chi connectivity index (χ0v) is 10.0. The molecule has 2 rings (SSSR count). The summed E-state index contributed by atoms with van der Waals surface area (Å²) in [6, 6.07) is 2.93. The molecule has 4 nitrogen and oxygen atoms in total. The summed E-state index contributed by atoms with van der Waals surface area (Å²) in [6.07, 6.45) is 0.967. The minimum Gasteiger partial charge on any atom is -0.354 e. The summed E-state index contributed by atoms with van der Waals surface area (Å²) in [6.45, 7) is 2.40. The van der Waals surface area contributed by atoms with Gasteiger partial charge in [0.25, 0.3) is 0 Å². The van der Waals surface area contributed by atoms with Crippen molar-refractivity contribution in [3.63, 3.8) is 0 Å². The van der Waals surface area contributed by atoms with Gasteiger partial charge in [0.05, 0.1) is 11.9 Å². The Morgan fingerprint density at radius 3 is 2.63 bits per heavy atom. The number of aromatic nitrogens is 2. The molecule has 0 spiro atoms. The van der Waals surface area contributed by atoms with E-state index in [0.717, 1.165) is 12.3 Å². The van der Waals surface area contributed by atoms with Gasteiger partial charge in [0.2, 0.25) is 5.95 Å². The summed E-state index contributed by atoms with van der Waals surface area (Å²) in [7, 11) is 0. The quantitative estimate of drug-likeness (QED) is 0.894. The Bertz CT molecular complexity index is 589. The zero-order valence-electron chi connectivity index (χ0n) is 10.0. The SMILES string of the molecule is CCNc1ncc(F)c(Nc2ccc(F)cc2F)n1. The lowest BCUT2D eigenvalue weighted by Gasteiger charge is -2.09. The van der Waals surface area contributed by atoms with E-state index < -0.39 is 17.5 Å². The van der Waals surface area contributed by atoms with E-state index in [2.05, 4.69) is 20.6 Å². The third-order valence-electron chi connectivity index (χ3n) is 2.26. The molecule has 0 amide bonds.